The van der Waals surface area contributed by atoms with Gasteiger partial charge in [-0.1, -0.05) is 6.07 Å². The molecule has 2 aliphatic heterocycles. The number of piperidine rings is 1. The molecule has 1 saturated carbocycles. The normalized spacial score (nSPS) is 26.8. The number of fused-ring (bicyclic) bond motifs is 1. The summed E-state index contributed by atoms with van der Waals surface area (Å²) in [7, 11) is 0. The molecule has 3 unspecified atom stereocenters. The SMILES string of the molecule is NC1CCC(CCNCc2ccc3c(c2)C(=O)N(C2CCC(=O)NC2=O)C3=O)C1. The highest BCUT2D eigenvalue weighted by Crippen LogP contribution is 2.29. The standard InChI is InChI=1S/C21H26N4O4/c22-14-3-1-12(9-14)7-8-23-11-13-2-4-15-16(10-13)21(29)25(20(15)28)17-5-6-18(26)24-19(17)27/h2,4,10,12,14,17,23H,1,3,5-9,11,22H2,(H,24,26,27). The molecule has 4 amide bonds. The molecule has 29 heavy (non-hydrogen) atoms. The summed E-state index contributed by atoms with van der Waals surface area (Å²) in [6.45, 7) is 1.48. The number of benzene rings is 1. The lowest BCUT2D eigenvalue weighted by Crippen LogP contribution is -2.54. The van der Waals surface area contributed by atoms with Crippen LogP contribution in [0.15, 0.2) is 18.2 Å². The summed E-state index contributed by atoms with van der Waals surface area (Å²) < 4.78 is 0. The summed E-state index contributed by atoms with van der Waals surface area (Å²) >= 11 is 0. The van der Waals surface area contributed by atoms with E-state index in [9.17, 15) is 19.2 Å². The summed E-state index contributed by atoms with van der Waals surface area (Å²) in [5, 5.41) is 5.60. The lowest BCUT2D eigenvalue weighted by Gasteiger charge is -2.27. The van der Waals surface area contributed by atoms with Crippen molar-refractivity contribution in [2.75, 3.05) is 6.54 Å². The first kappa shape index (κ1) is 19.7. The third-order valence-corrected chi connectivity index (χ3v) is 6.14. The predicted octanol–water partition coefficient (Wildman–Crippen LogP) is 0.695. The molecule has 8 nitrogen and oxygen atoms in total. The lowest BCUT2D eigenvalue weighted by molar-refractivity contribution is -0.136. The van der Waals surface area contributed by atoms with Gasteiger partial charge in [-0.2, -0.15) is 0 Å². The first-order valence-electron chi connectivity index (χ1n) is 10.2. The van der Waals surface area contributed by atoms with E-state index >= 15 is 0 Å². The molecule has 2 heterocycles. The zero-order valence-electron chi connectivity index (χ0n) is 16.3. The van der Waals surface area contributed by atoms with Crippen LogP contribution in [0.4, 0.5) is 0 Å². The van der Waals surface area contributed by atoms with Crippen molar-refractivity contribution in [3.05, 3.63) is 34.9 Å². The van der Waals surface area contributed by atoms with Gasteiger partial charge in [0.2, 0.25) is 11.8 Å². The second-order valence-corrected chi connectivity index (χ2v) is 8.23. The Hall–Kier alpha value is -2.58. The number of nitrogens with two attached hydrogens (primary N) is 1. The van der Waals surface area contributed by atoms with Gasteiger partial charge in [-0.25, -0.2) is 0 Å². The zero-order chi connectivity index (χ0) is 20.5. The van der Waals surface area contributed by atoms with Crippen molar-refractivity contribution in [3.8, 4) is 0 Å². The Morgan fingerprint density at radius 1 is 1.07 bits per heavy atom. The maximum Gasteiger partial charge on any atom is 0.262 e. The van der Waals surface area contributed by atoms with Crippen LogP contribution in [0.2, 0.25) is 0 Å². The molecule has 0 aromatic heterocycles. The fraction of sp³-hybridized carbons (Fsp3) is 0.524. The topological polar surface area (TPSA) is 122 Å². The van der Waals surface area contributed by atoms with Gasteiger partial charge in [-0.05, 0) is 62.3 Å². The minimum absolute atomic E-state index is 0.116. The maximum atomic E-state index is 12.8. The molecule has 4 rings (SSSR count). The van der Waals surface area contributed by atoms with Crippen molar-refractivity contribution in [1.82, 2.24) is 15.5 Å². The highest BCUT2D eigenvalue weighted by Gasteiger charge is 2.44. The number of rotatable bonds is 6. The van der Waals surface area contributed by atoms with Crippen LogP contribution in [0.1, 0.15) is 64.8 Å². The smallest absolute Gasteiger partial charge is 0.262 e. The van der Waals surface area contributed by atoms with Gasteiger partial charge in [0.05, 0.1) is 11.1 Å². The van der Waals surface area contributed by atoms with Crippen LogP contribution < -0.4 is 16.4 Å². The molecule has 1 aromatic rings. The molecule has 4 N–H and O–H groups in total. The molecule has 3 aliphatic rings. The first-order valence-corrected chi connectivity index (χ1v) is 10.2. The van der Waals surface area contributed by atoms with Crippen molar-refractivity contribution < 1.29 is 19.2 Å². The summed E-state index contributed by atoms with van der Waals surface area (Å²) in [6.07, 6.45) is 4.75. The van der Waals surface area contributed by atoms with E-state index in [0.717, 1.165) is 36.3 Å². The molecule has 2 fully saturated rings. The molecule has 154 valence electrons. The van der Waals surface area contributed by atoms with Crippen molar-refractivity contribution in [2.45, 2.75) is 57.2 Å². The Morgan fingerprint density at radius 2 is 1.86 bits per heavy atom. The van der Waals surface area contributed by atoms with Gasteiger partial charge < -0.3 is 11.1 Å². The molecule has 1 aromatic carbocycles. The number of imide groups is 2. The van der Waals surface area contributed by atoms with E-state index in [4.69, 9.17) is 5.73 Å². The molecule has 0 radical (unpaired) electrons. The molecule has 0 bridgehead atoms. The number of nitrogens with zero attached hydrogens (tertiary/aromatic N) is 1. The molecular formula is C21H26N4O4. The van der Waals surface area contributed by atoms with Gasteiger partial charge in [0.25, 0.3) is 11.8 Å². The maximum absolute atomic E-state index is 12.8. The van der Waals surface area contributed by atoms with E-state index in [0.29, 0.717) is 29.6 Å². The molecule has 1 aliphatic carbocycles. The van der Waals surface area contributed by atoms with Crippen LogP contribution in [-0.4, -0.2) is 47.2 Å². The average molecular weight is 398 g/mol. The van der Waals surface area contributed by atoms with Crippen molar-refractivity contribution in [2.24, 2.45) is 11.7 Å². The van der Waals surface area contributed by atoms with Gasteiger partial charge in [-0.15, -0.1) is 0 Å². The summed E-state index contributed by atoms with van der Waals surface area (Å²) in [4.78, 5) is 50.0. The number of hydrogen-bond donors (Lipinski definition) is 3. The fourth-order valence-electron chi connectivity index (χ4n) is 4.54. The van der Waals surface area contributed by atoms with Gasteiger partial charge in [0, 0.05) is 19.0 Å². The van der Waals surface area contributed by atoms with Crippen molar-refractivity contribution >= 4 is 23.6 Å². The van der Waals surface area contributed by atoms with Crippen molar-refractivity contribution in [3.63, 3.8) is 0 Å². The molecule has 8 heteroatoms. The van der Waals surface area contributed by atoms with E-state index in [2.05, 4.69) is 10.6 Å². The van der Waals surface area contributed by atoms with E-state index in [1.54, 1.807) is 12.1 Å². The highest BCUT2D eigenvalue weighted by molar-refractivity contribution is 6.23. The molecule has 0 spiro atoms. The van der Waals surface area contributed by atoms with Crippen LogP contribution in [0.5, 0.6) is 0 Å². The van der Waals surface area contributed by atoms with Gasteiger partial charge in [0.1, 0.15) is 6.04 Å². The Kier molecular flexibility index (Phi) is 5.47. The Balaban J connectivity index is 1.38. The number of carbonyl (C=O) groups excluding carboxylic acids is 4. The quantitative estimate of drug-likeness (QED) is 0.479. The average Bonchev–Trinajstić information content (AvgIpc) is 3.21. The van der Waals surface area contributed by atoms with E-state index in [-0.39, 0.29) is 18.7 Å². The lowest BCUT2D eigenvalue weighted by atomic mass is 10.0. The summed E-state index contributed by atoms with van der Waals surface area (Å²) in [5.41, 5.74) is 7.50. The fourth-order valence-corrected chi connectivity index (χ4v) is 4.54. The summed E-state index contributed by atoms with van der Waals surface area (Å²) in [5.74, 6) is -1.24. The van der Waals surface area contributed by atoms with E-state index in [1.165, 1.54) is 6.42 Å². The van der Waals surface area contributed by atoms with Gasteiger partial charge >= 0.3 is 0 Å². The predicted molar refractivity (Wildman–Crippen MR) is 105 cm³/mol. The van der Waals surface area contributed by atoms with E-state index in [1.807, 2.05) is 6.07 Å². The van der Waals surface area contributed by atoms with Crippen LogP contribution in [-0.2, 0) is 16.1 Å². The van der Waals surface area contributed by atoms with Gasteiger partial charge in [0.15, 0.2) is 0 Å². The first-order chi connectivity index (χ1) is 13.9. The Labute approximate surface area is 169 Å². The minimum Gasteiger partial charge on any atom is -0.328 e. The van der Waals surface area contributed by atoms with Crippen LogP contribution in [0.25, 0.3) is 0 Å². The second-order valence-electron chi connectivity index (χ2n) is 8.23. The third-order valence-electron chi connectivity index (χ3n) is 6.14. The molecular weight excluding hydrogens is 372 g/mol. The minimum atomic E-state index is -0.931. The number of hydrogen-bond acceptors (Lipinski definition) is 6. The van der Waals surface area contributed by atoms with Gasteiger partial charge in [-0.3, -0.25) is 29.4 Å². The molecule has 3 atom stereocenters. The third kappa shape index (κ3) is 3.95. The molecule has 1 saturated heterocycles. The monoisotopic (exact) mass is 398 g/mol. The second kappa shape index (κ2) is 8.04. The van der Waals surface area contributed by atoms with Crippen LogP contribution in [0.3, 0.4) is 0 Å². The largest absolute Gasteiger partial charge is 0.328 e. The number of carbonyl (C=O) groups is 4. The van der Waals surface area contributed by atoms with E-state index < -0.39 is 23.8 Å². The Bertz CT molecular complexity index is 868. The van der Waals surface area contributed by atoms with Crippen molar-refractivity contribution in [1.29, 1.82) is 0 Å². The van der Waals surface area contributed by atoms with Crippen LogP contribution >= 0.6 is 0 Å². The highest BCUT2D eigenvalue weighted by atomic mass is 16.2. The zero-order valence-corrected chi connectivity index (χ0v) is 16.3. The van der Waals surface area contributed by atoms with Crippen LogP contribution in [0, 0.1) is 5.92 Å². The number of nitrogens with one attached hydrogen (secondary N) is 2. The summed E-state index contributed by atoms with van der Waals surface area (Å²) in [6, 6.07) is 4.61. The number of amides is 4. The Morgan fingerprint density at radius 3 is 2.59 bits per heavy atom.